The average Bonchev–Trinajstić information content (AvgIpc) is 3.35. The maximum atomic E-state index is 13.2. The van der Waals surface area contributed by atoms with E-state index in [0.717, 1.165) is 22.2 Å². The highest BCUT2D eigenvalue weighted by molar-refractivity contribution is 5.79. The molecule has 1 amide bonds. The maximum absolute atomic E-state index is 13.2. The number of ether oxygens (including phenoxy) is 3. The Morgan fingerprint density at radius 2 is 1.87 bits per heavy atom. The van der Waals surface area contributed by atoms with E-state index in [1.807, 2.05) is 48.2 Å². The number of hydrogen-bond donors (Lipinski definition) is 2. The molecule has 0 radical (unpaired) electrons. The molecule has 0 bridgehead atoms. The second-order valence-electron chi connectivity index (χ2n) is 7.77. The lowest BCUT2D eigenvalue weighted by molar-refractivity contribution is -0.138. The van der Waals surface area contributed by atoms with E-state index in [4.69, 9.17) is 14.2 Å². The molecule has 1 saturated heterocycles. The van der Waals surface area contributed by atoms with Crippen molar-refractivity contribution in [2.75, 3.05) is 26.5 Å². The van der Waals surface area contributed by atoms with E-state index in [-0.39, 0.29) is 30.4 Å². The number of fused-ring (bicyclic) bond motifs is 2. The Hall–Kier alpha value is -3.26. The van der Waals surface area contributed by atoms with Gasteiger partial charge in [0.2, 0.25) is 12.7 Å². The fourth-order valence-electron chi connectivity index (χ4n) is 4.17. The zero-order valence-corrected chi connectivity index (χ0v) is 16.6. The second-order valence-corrected chi connectivity index (χ2v) is 7.77. The largest absolute Gasteiger partial charge is 0.454 e. The van der Waals surface area contributed by atoms with Crippen LogP contribution in [0, 0.1) is 0 Å². The number of benzene rings is 2. The van der Waals surface area contributed by atoms with E-state index in [9.17, 15) is 9.59 Å². The second kappa shape index (κ2) is 7.53. The number of aromatic amines is 2. The minimum absolute atomic E-state index is 0.0352. The zero-order valence-electron chi connectivity index (χ0n) is 16.6. The lowest BCUT2D eigenvalue weighted by Crippen LogP contribution is -2.44. The third-order valence-corrected chi connectivity index (χ3v) is 5.71. The number of H-pyrrole nitrogens is 2. The molecular weight excluding hydrogens is 386 g/mol. The number of nitrogens with one attached hydrogen (secondary N) is 2. The first kappa shape index (κ1) is 18.7. The van der Waals surface area contributed by atoms with Crippen molar-refractivity contribution in [2.24, 2.45) is 0 Å². The Kier molecular flexibility index (Phi) is 4.71. The minimum Gasteiger partial charge on any atom is -0.454 e. The zero-order chi connectivity index (χ0) is 20.7. The summed E-state index contributed by atoms with van der Waals surface area (Å²) in [6, 6.07) is 11.5. The van der Waals surface area contributed by atoms with Gasteiger partial charge in [0.05, 0.1) is 23.7 Å². The molecule has 8 nitrogen and oxygen atoms in total. The summed E-state index contributed by atoms with van der Waals surface area (Å²) in [6.07, 6.45) is 0.347. The van der Waals surface area contributed by atoms with Crippen LogP contribution in [-0.4, -0.2) is 53.4 Å². The number of rotatable bonds is 4. The van der Waals surface area contributed by atoms with Crippen molar-refractivity contribution in [1.82, 2.24) is 14.9 Å². The first-order valence-electron chi connectivity index (χ1n) is 10.1. The number of nitrogens with zero attached hydrogens (tertiary/aromatic N) is 1. The van der Waals surface area contributed by atoms with E-state index in [0.29, 0.717) is 37.6 Å². The molecule has 3 heterocycles. The van der Waals surface area contributed by atoms with Gasteiger partial charge < -0.3 is 29.1 Å². The van der Waals surface area contributed by atoms with Gasteiger partial charge in [-0.25, -0.2) is 4.79 Å². The SMILES string of the molecule is CC1CN(C(=O)CC(c2ccc3c(c2)OCO3)c2ccc3[nH]c(=O)[nH]c3c2)CCO1. The van der Waals surface area contributed by atoms with Crippen LogP contribution in [0.3, 0.4) is 0 Å². The number of morpholine rings is 1. The van der Waals surface area contributed by atoms with Gasteiger partial charge in [0, 0.05) is 25.4 Å². The van der Waals surface area contributed by atoms with Gasteiger partial charge in [-0.1, -0.05) is 12.1 Å². The lowest BCUT2D eigenvalue weighted by Gasteiger charge is -2.32. The van der Waals surface area contributed by atoms with Gasteiger partial charge in [0.15, 0.2) is 11.5 Å². The van der Waals surface area contributed by atoms with Crippen LogP contribution in [0.5, 0.6) is 11.5 Å². The highest BCUT2D eigenvalue weighted by atomic mass is 16.7. The van der Waals surface area contributed by atoms with Crippen molar-refractivity contribution in [3.05, 3.63) is 58.0 Å². The number of hydrogen-bond acceptors (Lipinski definition) is 5. The summed E-state index contributed by atoms with van der Waals surface area (Å²) in [5.74, 6) is 1.28. The molecule has 8 heteroatoms. The van der Waals surface area contributed by atoms with Crippen LogP contribution in [0.1, 0.15) is 30.4 Å². The van der Waals surface area contributed by atoms with E-state index >= 15 is 0 Å². The summed E-state index contributed by atoms with van der Waals surface area (Å²) >= 11 is 0. The Morgan fingerprint density at radius 3 is 2.73 bits per heavy atom. The van der Waals surface area contributed by atoms with E-state index in [1.54, 1.807) is 0 Å². The minimum atomic E-state index is -0.250. The summed E-state index contributed by atoms with van der Waals surface area (Å²) < 4.78 is 16.6. The quantitative estimate of drug-likeness (QED) is 0.690. The summed E-state index contributed by atoms with van der Waals surface area (Å²) in [5, 5.41) is 0. The monoisotopic (exact) mass is 409 g/mol. The number of amides is 1. The summed E-state index contributed by atoms with van der Waals surface area (Å²) in [5.41, 5.74) is 3.12. The Balaban J connectivity index is 1.51. The summed E-state index contributed by atoms with van der Waals surface area (Å²) in [6.45, 7) is 3.92. The molecule has 3 aromatic rings. The molecule has 0 saturated carbocycles. The number of carbonyl (C=O) groups excluding carboxylic acids is 1. The molecule has 2 atom stereocenters. The van der Waals surface area contributed by atoms with Crippen LogP contribution in [0.4, 0.5) is 0 Å². The van der Waals surface area contributed by atoms with Crippen LogP contribution in [-0.2, 0) is 9.53 Å². The molecule has 2 N–H and O–H groups in total. The van der Waals surface area contributed by atoms with Gasteiger partial charge >= 0.3 is 5.69 Å². The average molecular weight is 409 g/mol. The van der Waals surface area contributed by atoms with Crippen molar-refractivity contribution in [2.45, 2.75) is 25.4 Å². The molecule has 1 fully saturated rings. The van der Waals surface area contributed by atoms with Crippen molar-refractivity contribution in [3.63, 3.8) is 0 Å². The third kappa shape index (κ3) is 3.54. The highest BCUT2D eigenvalue weighted by Crippen LogP contribution is 2.38. The van der Waals surface area contributed by atoms with Crippen LogP contribution < -0.4 is 15.2 Å². The maximum Gasteiger partial charge on any atom is 0.323 e. The Bertz CT molecular complexity index is 1150. The van der Waals surface area contributed by atoms with Gasteiger partial charge in [-0.2, -0.15) is 0 Å². The number of aromatic nitrogens is 2. The molecule has 156 valence electrons. The number of carbonyl (C=O) groups is 1. The smallest absolute Gasteiger partial charge is 0.323 e. The van der Waals surface area contributed by atoms with Gasteiger partial charge in [-0.3, -0.25) is 4.79 Å². The molecule has 0 aliphatic carbocycles. The topological polar surface area (TPSA) is 96.6 Å². The molecule has 1 aromatic heterocycles. The molecule has 2 aromatic carbocycles. The highest BCUT2D eigenvalue weighted by Gasteiger charge is 2.27. The number of imidazole rings is 1. The van der Waals surface area contributed by atoms with Crippen molar-refractivity contribution >= 4 is 16.9 Å². The van der Waals surface area contributed by atoms with E-state index < -0.39 is 0 Å². The van der Waals surface area contributed by atoms with E-state index in [1.165, 1.54) is 0 Å². The van der Waals surface area contributed by atoms with Crippen LogP contribution in [0.2, 0.25) is 0 Å². The standard InChI is InChI=1S/C22H23N3O5/c1-13-11-25(6-7-28-13)21(26)10-16(15-3-5-19-20(9-15)30-12-29-19)14-2-4-17-18(8-14)24-22(27)23-17/h2-5,8-9,13,16H,6-7,10-12H2,1H3,(H2,23,24,27). The van der Waals surface area contributed by atoms with Crippen molar-refractivity contribution < 1.29 is 19.0 Å². The van der Waals surface area contributed by atoms with Crippen LogP contribution >= 0.6 is 0 Å². The first-order valence-corrected chi connectivity index (χ1v) is 10.1. The molecule has 2 aliphatic heterocycles. The Labute approximate surface area is 172 Å². The summed E-state index contributed by atoms with van der Waals surface area (Å²) in [7, 11) is 0. The van der Waals surface area contributed by atoms with Gasteiger partial charge in [-0.05, 0) is 42.3 Å². The normalized spacial score (nSPS) is 19.2. The van der Waals surface area contributed by atoms with Gasteiger partial charge in [-0.15, -0.1) is 0 Å². The fourth-order valence-corrected chi connectivity index (χ4v) is 4.17. The molecule has 5 rings (SSSR count). The first-order chi connectivity index (χ1) is 14.6. The molecule has 0 spiro atoms. The summed E-state index contributed by atoms with van der Waals surface area (Å²) in [4.78, 5) is 32.2. The van der Waals surface area contributed by atoms with Crippen LogP contribution in [0.25, 0.3) is 11.0 Å². The van der Waals surface area contributed by atoms with Crippen LogP contribution in [0.15, 0.2) is 41.2 Å². The predicted octanol–water partition coefficient (Wildman–Crippen LogP) is 2.35. The fraction of sp³-hybridized carbons (Fsp3) is 0.364. The Morgan fingerprint density at radius 1 is 1.10 bits per heavy atom. The predicted molar refractivity (Wildman–Crippen MR) is 110 cm³/mol. The molecule has 2 aliphatic rings. The van der Waals surface area contributed by atoms with Gasteiger partial charge in [0.25, 0.3) is 0 Å². The lowest BCUT2D eigenvalue weighted by atomic mass is 9.87. The van der Waals surface area contributed by atoms with Gasteiger partial charge in [0.1, 0.15) is 0 Å². The molecule has 30 heavy (non-hydrogen) atoms. The van der Waals surface area contributed by atoms with Crippen molar-refractivity contribution in [3.8, 4) is 11.5 Å². The molecular formula is C22H23N3O5. The van der Waals surface area contributed by atoms with E-state index in [2.05, 4.69) is 9.97 Å². The third-order valence-electron chi connectivity index (χ3n) is 5.71. The molecule has 2 unspecified atom stereocenters. The van der Waals surface area contributed by atoms with Crippen molar-refractivity contribution in [1.29, 1.82) is 0 Å².